The fraction of sp³-hybridized carbons (Fsp3) is 0.108. The number of hydrogen-bond acceptors (Lipinski definition) is 4. The van der Waals surface area contributed by atoms with Gasteiger partial charge < -0.3 is 4.74 Å². The summed E-state index contributed by atoms with van der Waals surface area (Å²) in [7, 11) is 0. The summed E-state index contributed by atoms with van der Waals surface area (Å²) in [6.07, 6.45) is 0.246. The molecule has 2 heterocycles. The Labute approximate surface area is 248 Å². The van der Waals surface area contributed by atoms with Crippen LogP contribution < -0.4 is 5.56 Å². The number of aryl methyl sites for hydroxylation is 1. The average Bonchev–Trinajstić information content (AvgIpc) is 3.54. The van der Waals surface area contributed by atoms with Crippen molar-refractivity contribution in [2.45, 2.75) is 24.8 Å². The van der Waals surface area contributed by atoms with Gasteiger partial charge in [-0.3, -0.25) is 9.89 Å². The van der Waals surface area contributed by atoms with Gasteiger partial charge in [0, 0.05) is 17.7 Å². The predicted octanol–water partition coefficient (Wildman–Crippen LogP) is 6.74. The molecule has 1 N–H and O–H groups in total. The molecule has 1 aromatic heterocycles. The van der Waals surface area contributed by atoms with Crippen molar-refractivity contribution in [3.05, 3.63) is 172 Å². The van der Waals surface area contributed by atoms with Gasteiger partial charge in [-0.2, -0.15) is 0 Å². The Hall–Kier alpha value is -5.49. The number of H-pyrrole nitrogens is 1. The number of ether oxygens (including phenoxy) is 1. The van der Waals surface area contributed by atoms with Crippen LogP contribution in [-0.2, 0) is 16.0 Å². The van der Waals surface area contributed by atoms with Gasteiger partial charge in [-0.15, -0.1) is 0 Å². The number of para-hydroxylation sites is 1. The van der Waals surface area contributed by atoms with E-state index in [2.05, 4.69) is 11.2 Å². The minimum absolute atomic E-state index is 0.231. The number of aromatic amines is 1. The summed E-state index contributed by atoms with van der Waals surface area (Å²) in [4.78, 5) is 33.9. The van der Waals surface area contributed by atoms with Gasteiger partial charge in [0.1, 0.15) is 0 Å². The molecular formula is C37H29N3O3. The molecule has 0 unspecified atom stereocenters. The van der Waals surface area contributed by atoms with Crippen LogP contribution in [0.15, 0.2) is 143 Å². The molecule has 1 aliphatic rings. The molecular weight excluding hydrogens is 534 g/mol. The minimum Gasteiger partial charge on any atom is -0.405 e. The van der Waals surface area contributed by atoms with Crippen LogP contribution >= 0.6 is 0 Å². The average molecular weight is 564 g/mol. The molecule has 5 aromatic carbocycles. The second-order valence-corrected chi connectivity index (χ2v) is 10.9. The van der Waals surface area contributed by atoms with Crippen molar-refractivity contribution in [3.8, 4) is 5.69 Å². The standard InChI is InChI=1S/C37H29N3O3/c1-25-32(35(41)40(39-25)31-19-9-4-10-20-31)33(30-22-21-27-15-11-12-18-29(27)23-30)37(24-26-13-5-2-6-14-26)36(42)43-34(38-37)28-16-7-3-8-17-28/h2-23,33,39H,24H2,1H3/t33-,37+/m0/s1. The molecule has 0 bridgehead atoms. The summed E-state index contributed by atoms with van der Waals surface area (Å²) in [6.45, 7) is 1.88. The zero-order chi connectivity index (χ0) is 29.4. The smallest absolute Gasteiger partial charge is 0.342 e. The second-order valence-electron chi connectivity index (χ2n) is 10.9. The zero-order valence-electron chi connectivity index (χ0n) is 23.6. The van der Waals surface area contributed by atoms with Crippen molar-refractivity contribution in [2.24, 2.45) is 4.99 Å². The van der Waals surface area contributed by atoms with Gasteiger partial charge in [0.2, 0.25) is 5.90 Å². The molecule has 6 nitrogen and oxygen atoms in total. The molecule has 0 radical (unpaired) electrons. The molecule has 43 heavy (non-hydrogen) atoms. The molecule has 0 saturated carbocycles. The Morgan fingerprint density at radius 3 is 2.12 bits per heavy atom. The highest BCUT2D eigenvalue weighted by Crippen LogP contribution is 2.44. The Morgan fingerprint density at radius 1 is 0.767 bits per heavy atom. The van der Waals surface area contributed by atoms with Gasteiger partial charge in [0.25, 0.3) is 5.56 Å². The number of aromatic nitrogens is 2. The van der Waals surface area contributed by atoms with Gasteiger partial charge in [0.15, 0.2) is 5.54 Å². The van der Waals surface area contributed by atoms with Gasteiger partial charge in [-0.25, -0.2) is 14.5 Å². The van der Waals surface area contributed by atoms with E-state index < -0.39 is 17.4 Å². The van der Waals surface area contributed by atoms with Crippen molar-refractivity contribution in [2.75, 3.05) is 0 Å². The number of esters is 1. The fourth-order valence-corrected chi connectivity index (χ4v) is 6.16. The molecule has 7 rings (SSSR count). The number of hydrogen-bond donors (Lipinski definition) is 1. The third kappa shape index (κ3) is 4.67. The third-order valence-corrected chi connectivity index (χ3v) is 8.19. The van der Waals surface area contributed by atoms with Crippen LogP contribution in [0.1, 0.15) is 33.9 Å². The summed E-state index contributed by atoms with van der Waals surface area (Å²) in [5.74, 6) is -0.983. The molecule has 0 spiro atoms. The molecule has 210 valence electrons. The van der Waals surface area contributed by atoms with Crippen LogP contribution in [-0.4, -0.2) is 27.2 Å². The van der Waals surface area contributed by atoms with Crippen LogP contribution in [0.25, 0.3) is 16.5 Å². The largest absolute Gasteiger partial charge is 0.405 e. The first-order valence-corrected chi connectivity index (χ1v) is 14.3. The fourth-order valence-electron chi connectivity index (χ4n) is 6.16. The zero-order valence-corrected chi connectivity index (χ0v) is 23.6. The number of carbonyl (C=O) groups excluding carboxylic acids is 1. The van der Waals surface area contributed by atoms with Crippen molar-refractivity contribution < 1.29 is 9.53 Å². The van der Waals surface area contributed by atoms with Crippen LogP contribution in [0.2, 0.25) is 0 Å². The monoisotopic (exact) mass is 563 g/mol. The van der Waals surface area contributed by atoms with Gasteiger partial charge >= 0.3 is 5.97 Å². The number of aliphatic imine (C=N–C) groups is 1. The van der Waals surface area contributed by atoms with Gasteiger partial charge in [-0.1, -0.05) is 109 Å². The highest BCUT2D eigenvalue weighted by atomic mass is 16.6. The molecule has 6 aromatic rings. The first-order chi connectivity index (χ1) is 21.0. The normalized spacial score (nSPS) is 17.0. The number of benzene rings is 5. The molecule has 0 saturated heterocycles. The second kappa shape index (κ2) is 10.7. The lowest BCUT2D eigenvalue weighted by Gasteiger charge is -2.32. The third-order valence-electron chi connectivity index (χ3n) is 8.19. The summed E-state index contributed by atoms with van der Waals surface area (Å²) in [5, 5.41) is 5.36. The van der Waals surface area contributed by atoms with Gasteiger partial charge in [0.05, 0.1) is 17.2 Å². The van der Waals surface area contributed by atoms with E-state index in [-0.39, 0.29) is 17.9 Å². The minimum atomic E-state index is -1.45. The van der Waals surface area contributed by atoms with Crippen molar-refractivity contribution in [1.82, 2.24) is 9.78 Å². The van der Waals surface area contributed by atoms with Crippen molar-refractivity contribution >= 4 is 22.6 Å². The van der Waals surface area contributed by atoms with Crippen LogP contribution in [0.5, 0.6) is 0 Å². The quantitative estimate of drug-likeness (QED) is 0.219. The number of carbonyl (C=O) groups is 1. The van der Waals surface area contributed by atoms with E-state index in [1.54, 1.807) is 0 Å². The first-order valence-electron chi connectivity index (χ1n) is 14.3. The molecule has 6 heteroatoms. The Morgan fingerprint density at radius 2 is 1.40 bits per heavy atom. The number of nitrogens with zero attached hydrogens (tertiary/aromatic N) is 2. The summed E-state index contributed by atoms with van der Waals surface area (Å²) in [5.41, 5.74) is 2.60. The maximum atomic E-state index is 14.4. The van der Waals surface area contributed by atoms with E-state index in [1.165, 1.54) is 4.68 Å². The van der Waals surface area contributed by atoms with E-state index in [9.17, 15) is 9.59 Å². The molecule has 0 amide bonds. The summed E-state index contributed by atoms with van der Waals surface area (Å²) in [6, 6.07) is 42.8. The van der Waals surface area contributed by atoms with E-state index in [0.717, 1.165) is 21.9 Å². The molecule has 0 fully saturated rings. The number of cyclic esters (lactones) is 1. The number of nitrogens with one attached hydrogen (secondary N) is 1. The van der Waals surface area contributed by atoms with Crippen LogP contribution in [0, 0.1) is 6.92 Å². The topological polar surface area (TPSA) is 76.4 Å². The lowest BCUT2D eigenvalue weighted by molar-refractivity contribution is -0.139. The summed E-state index contributed by atoms with van der Waals surface area (Å²) >= 11 is 0. The highest BCUT2D eigenvalue weighted by molar-refractivity contribution is 6.08. The Kier molecular flexibility index (Phi) is 6.59. The van der Waals surface area contributed by atoms with E-state index in [0.29, 0.717) is 22.5 Å². The highest BCUT2D eigenvalue weighted by Gasteiger charge is 2.55. The van der Waals surface area contributed by atoms with Crippen LogP contribution in [0.4, 0.5) is 0 Å². The SMILES string of the molecule is Cc1[nH]n(-c2ccccc2)c(=O)c1[C@H](c1ccc2ccccc2c1)[C@@]1(Cc2ccccc2)N=C(c2ccccc2)OC1=O. The Bertz CT molecular complexity index is 2030. The lowest BCUT2D eigenvalue weighted by atomic mass is 9.72. The van der Waals surface area contributed by atoms with Crippen LogP contribution in [0.3, 0.4) is 0 Å². The number of fused-ring (bicyclic) bond motifs is 1. The first kappa shape index (κ1) is 26.4. The lowest BCUT2D eigenvalue weighted by Crippen LogP contribution is -2.45. The maximum Gasteiger partial charge on any atom is 0.342 e. The van der Waals surface area contributed by atoms with E-state index in [1.807, 2.05) is 134 Å². The summed E-state index contributed by atoms with van der Waals surface area (Å²) < 4.78 is 7.55. The Balaban J connectivity index is 1.52. The number of rotatable bonds is 7. The van der Waals surface area contributed by atoms with E-state index >= 15 is 0 Å². The predicted molar refractivity (Wildman–Crippen MR) is 169 cm³/mol. The molecule has 0 aliphatic carbocycles. The van der Waals surface area contributed by atoms with Gasteiger partial charge in [-0.05, 0) is 53.1 Å². The van der Waals surface area contributed by atoms with Crippen molar-refractivity contribution in [3.63, 3.8) is 0 Å². The molecule has 2 atom stereocenters. The molecule has 1 aliphatic heterocycles. The van der Waals surface area contributed by atoms with Crippen molar-refractivity contribution in [1.29, 1.82) is 0 Å². The van der Waals surface area contributed by atoms with E-state index in [4.69, 9.17) is 9.73 Å². The maximum absolute atomic E-state index is 14.4.